The van der Waals surface area contributed by atoms with Crippen LogP contribution in [-0.2, 0) is 12.7 Å². The quantitative estimate of drug-likeness (QED) is 0.290. The number of aromatic nitrogens is 3. The standard InChI is InChI=1S/C26H23F3N6O3S/c1-31-12-16(11-30)13-35-14-20(18-9-17(26(27,28)29)6-7-21(18)38-2)19(10-23(35)36)24(37)32-25-34-33-22(39-25)8-5-15-3-4-15/h6-7,9-12,14-15,30-31H,3-4,13H2,1-2H3,(H,32,34,37)/p+1/b16-12+,30-11?. The van der Waals surface area contributed by atoms with Crippen molar-refractivity contribution in [3.63, 3.8) is 0 Å². The van der Waals surface area contributed by atoms with Gasteiger partial charge < -0.3 is 20.0 Å². The number of carbonyl (C=O) groups excluding carboxylic acids is 1. The van der Waals surface area contributed by atoms with Gasteiger partial charge in [0, 0.05) is 41.1 Å². The van der Waals surface area contributed by atoms with Gasteiger partial charge in [-0.25, -0.2) is 0 Å². The zero-order chi connectivity index (χ0) is 28.2. The topological polar surface area (TPSA) is 127 Å². The lowest BCUT2D eigenvalue weighted by Gasteiger charge is -2.17. The largest absolute Gasteiger partial charge is 0.496 e. The lowest BCUT2D eigenvalue weighted by atomic mass is 9.98. The average Bonchev–Trinajstić information content (AvgIpc) is 3.64. The zero-order valence-corrected chi connectivity index (χ0v) is 21.7. The number of rotatable bonds is 8. The fraction of sp³-hybridized carbons (Fsp3) is 0.269. The van der Waals surface area contributed by atoms with Crippen LogP contribution in [0.25, 0.3) is 11.1 Å². The maximum Gasteiger partial charge on any atom is 0.416 e. The van der Waals surface area contributed by atoms with Gasteiger partial charge in [0.1, 0.15) is 5.75 Å². The van der Waals surface area contributed by atoms with Crippen LogP contribution in [0.4, 0.5) is 18.3 Å². The molecule has 0 bridgehead atoms. The number of quaternary nitrogens is 1. The van der Waals surface area contributed by atoms with Crippen LogP contribution in [0.1, 0.15) is 33.8 Å². The van der Waals surface area contributed by atoms with Crippen molar-refractivity contribution < 1.29 is 28.0 Å². The van der Waals surface area contributed by atoms with Crippen LogP contribution in [0.2, 0.25) is 0 Å². The number of nitrogens with zero attached hydrogens (tertiary/aromatic N) is 3. The number of anilines is 1. The molecular weight excluding hydrogens is 533 g/mol. The summed E-state index contributed by atoms with van der Waals surface area (Å²) >= 11 is 1.04. The summed E-state index contributed by atoms with van der Waals surface area (Å²) in [5, 5.41) is 20.2. The Balaban J connectivity index is 1.80. The van der Waals surface area contributed by atoms with E-state index in [0.717, 1.165) is 54.7 Å². The predicted molar refractivity (Wildman–Crippen MR) is 140 cm³/mol. The van der Waals surface area contributed by atoms with Gasteiger partial charge in [-0.05, 0) is 37.0 Å². The molecular formula is C26H24F3N6O3S+. The average molecular weight is 558 g/mol. The Bertz CT molecular complexity index is 1560. The number of benzene rings is 1. The molecule has 0 radical (unpaired) electrons. The van der Waals surface area contributed by atoms with Crippen LogP contribution in [0.15, 0.2) is 47.0 Å². The molecule has 39 heavy (non-hydrogen) atoms. The third kappa shape index (κ3) is 6.78. The number of allylic oxidation sites excluding steroid dienone is 1. The minimum atomic E-state index is -4.66. The molecule has 1 saturated carbocycles. The molecule has 3 aromatic rings. The van der Waals surface area contributed by atoms with Gasteiger partial charge >= 0.3 is 6.18 Å². The summed E-state index contributed by atoms with van der Waals surface area (Å²) in [5.41, 5.74) is -1.28. The fourth-order valence-electron chi connectivity index (χ4n) is 3.63. The molecule has 1 fully saturated rings. The molecule has 1 amide bonds. The SMILES string of the molecule is C[NH2+]/C=C(\C=N)Cn1cc(-c2cc(C(F)(F)F)ccc2OC)c(C(=O)Nc2nnc(C#CC3CC3)s2)cc1=O. The molecule has 202 valence electrons. The third-order valence-corrected chi connectivity index (χ3v) is 6.47. The highest BCUT2D eigenvalue weighted by molar-refractivity contribution is 7.15. The maximum absolute atomic E-state index is 13.6. The van der Waals surface area contributed by atoms with Crippen molar-refractivity contribution in [3.8, 4) is 28.7 Å². The predicted octanol–water partition coefficient (Wildman–Crippen LogP) is 3.13. The number of nitrogens with one attached hydrogen (secondary N) is 2. The number of hydrogen-bond donors (Lipinski definition) is 3. The molecule has 0 aliphatic heterocycles. The summed E-state index contributed by atoms with van der Waals surface area (Å²) in [6, 6.07) is 3.93. The van der Waals surface area contributed by atoms with E-state index in [0.29, 0.717) is 16.5 Å². The van der Waals surface area contributed by atoms with E-state index >= 15 is 0 Å². The van der Waals surface area contributed by atoms with E-state index in [2.05, 4.69) is 27.4 Å². The fourth-order valence-corrected chi connectivity index (χ4v) is 4.23. The minimum absolute atomic E-state index is 0.0260. The highest BCUT2D eigenvalue weighted by Crippen LogP contribution is 2.38. The van der Waals surface area contributed by atoms with Crippen molar-refractivity contribution >= 4 is 28.6 Å². The van der Waals surface area contributed by atoms with Crippen LogP contribution >= 0.6 is 11.3 Å². The molecule has 2 aromatic heterocycles. The molecule has 4 rings (SSSR count). The number of methoxy groups -OCH3 is 1. The monoisotopic (exact) mass is 557 g/mol. The van der Waals surface area contributed by atoms with Crippen LogP contribution in [-0.4, -0.2) is 41.0 Å². The second kappa shape index (κ2) is 11.6. The molecule has 1 aromatic carbocycles. The Morgan fingerprint density at radius 1 is 1.31 bits per heavy atom. The lowest BCUT2D eigenvalue weighted by molar-refractivity contribution is -0.557. The van der Waals surface area contributed by atoms with Gasteiger partial charge in [-0.1, -0.05) is 17.3 Å². The van der Waals surface area contributed by atoms with E-state index in [-0.39, 0.29) is 34.1 Å². The maximum atomic E-state index is 13.6. The molecule has 0 unspecified atom stereocenters. The Morgan fingerprint density at radius 2 is 2.08 bits per heavy atom. The van der Waals surface area contributed by atoms with Crippen LogP contribution in [0.3, 0.4) is 0 Å². The van der Waals surface area contributed by atoms with Crippen LogP contribution < -0.4 is 20.9 Å². The molecule has 0 spiro atoms. The minimum Gasteiger partial charge on any atom is -0.496 e. The highest BCUT2D eigenvalue weighted by atomic mass is 32.1. The molecule has 2 heterocycles. The van der Waals surface area contributed by atoms with Crippen molar-refractivity contribution in [3.05, 3.63) is 68.7 Å². The highest BCUT2D eigenvalue weighted by Gasteiger charge is 2.32. The van der Waals surface area contributed by atoms with E-state index in [4.69, 9.17) is 10.1 Å². The van der Waals surface area contributed by atoms with E-state index < -0.39 is 23.2 Å². The molecule has 4 N–H and O–H groups in total. The second-order valence-electron chi connectivity index (χ2n) is 8.61. The summed E-state index contributed by atoms with van der Waals surface area (Å²) in [4.78, 5) is 26.3. The number of pyridine rings is 1. The number of halogens is 3. The summed E-state index contributed by atoms with van der Waals surface area (Å²) < 4.78 is 47.3. The van der Waals surface area contributed by atoms with Gasteiger partial charge in [0.15, 0.2) is 5.01 Å². The number of carbonyl (C=O) groups is 1. The Hall–Kier alpha value is -4.28. The first-order chi connectivity index (χ1) is 18.6. The third-order valence-electron chi connectivity index (χ3n) is 5.71. The van der Waals surface area contributed by atoms with Crippen LogP contribution in [0, 0.1) is 23.2 Å². The first-order valence-corrected chi connectivity index (χ1v) is 12.6. The van der Waals surface area contributed by atoms with Gasteiger partial charge in [0.05, 0.1) is 38.0 Å². The smallest absolute Gasteiger partial charge is 0.416 e. The molecule has 0 atom stereocenters. The van der Waals surface area contributed by atoms with Crippen molar-refractivity contribution in [1.29, 1.82) is 5.41 Å². The van der Waals surface area contributed by atoms with Gasteiger partial charge in [0.25, 0.3) is 11.5 Å². The van der Waals surface area contributed by atoms with E-state index in [1.165, 1.54) is 17.9 Å². The van der Waals surface area contributed by atoms with Gasteiger partial charge in [-0.3, -0.25) is 14.9 Å². The Labute approximate surface area is 225 Å². The molecule has 9 nitrogen and oxygen atoms in total. The van der Waals surface area contributed by atoms with Crippen molar-refractivity contribution in [2.75, 3.05) is 19.5 Å². The first-order valence-electron chi connectivity index (χ1n) is 11.8. The van der Waals surface area contributed by atoms with Crippen molar-refractivity contribution in [2.45, 2.75) is 25.6 Å². The number of hydrogen-bond acceptors (Lipinski definition) is 7. The molecule has 0 saturated heterocycles. The van der Waals surface area contributed by atoms with Gasteiger partial charge in [0.2, 0.25) is 5.13 Å². The normalized spacial score (nSPS) is 13.4. The van der Waals surface area contributed by atoms with E-state index in [9.17, 15) is 22.8 Å². The second-order valence-corrected chi connectivity index (χ2v) is 9.59. The van der Waals surface area contributed by atoms with Crippen molar-refractivity contribution in [2.24, 2.45) is 5.92 Å². The Kier molecular flexibility index (Phi) is 8.27. The summed E-state index contributed by atoms with van der Waals surface area (Å²) in [7, 11) is 3.04. The van der Waals surface area contributed by atoms with Gasteiger partial charge in [-0.15, -0.1) is 10.2 Å². The summed E-state index contributed by atoms with van der Waals surface area (Å²) in [6.45, 7) is -0.0394. The number of nitrogens with two attached hydrogens (primary N) is 1. The number of amides is 1. The van der Waals surface area contributed by atoms with E-state index in [1.54, 1.807) is 18.6 Å². The molecule has 1 aliphatic carbocycles. The molecule has 13 heteroatoms. The van der Waals surface area contributed by atoms with Crippen molar-refractivity contribution in [1.82, 2.24) is 14.8 Å². The lowest BCUT2D eigenvalue weighted by Crippen LogP contribution is -2.73. The summed E-state index contributed by atoms with van der Waals surface area (Å²) in [6.07, 6.45) is 1.40. The Morgan fingerprint density at radius 3 is 2.72 bits per heavy atom. The number of alkyl halides is 3. The van der Waals surface area contributed by atoms with Crippen LogP contribution in [0.5, 0.6) is 5.75 Å². The number of ether oxygens (including phenoxy) is 1. The first kappa shape index (κ1) is 27.7. The van der Waals surface area contributed by atoms with E-state index in [1.807, 2.05) is 0 Å². The summed E-state index contributed by atoms with van der Waals surface area (Å²) in [5.74, 6) is 5.60. The zero-order valence-electron chi connectivity index (χ0n) is 20.9. The van der Waals surface area contributed by atoms with Gasteiger partial charge in [-0.2, -0.15) is 13.2 Å². The molecule has 1 aliphatic rings.